The molecule has 0 aliphatic heterocycles. The number of benzene rings is 1. The number of halogens is 1. The Balaban J connectivity index is 3.05. The van der Waals surface area contributed by atoms with Gasteiger partial charge in [0.05, 0.1) is 15.9 Å². The van der Waals surface area contributed by atoms with E-state index in [4.69, 9.17) is 11.6 Å². The second-order valence-corrected chi connectivity index (χ2v) is 5.01. The molecule has 0 spiro atoms. The van der Waals surface area contributed by atoms with Gasteiger partial charge in [-0.3, -0.25) is 4.79 Å². The predicted molar refractivity (Wildman–Crippen MR) is 71.6 cm³/mol. The Morgan fingerprint density at radius 3 is 2.50 bits per heavy atom. The van der Waals surface area contributed by atoms with Crippen molar-refractivity contribution < 1.29 is 10.2 Å². The SMILES string of the molecule is CC(C)c1cn(C)c2cc(O)c(O)c(Cl)c2c1=O. The summed E-state index contributed by atoms with van der Waals surface area (Å²) in [4.78, 5) is 12.3. The second-order valence-electron chi connectivity index (χ2n) is 4.63. The van der Waals surface area contributed by atoms with E-state index in [2.05, 4.69) is 0 Å². The van der Waals surface area contributed by atoms with Crippen molar-refractivity contribution in [1.82, 2.24) is 4.57 Å². The van der Waals surface area contributed by atoms with Crippen molar-refractivity contribution in [3.8, 4) is 11.5 Å². The van der Waals surface area contributed by atoms with Crippen molar-refractivity contribution in [1.29, 1.82) is 0 Å². The maximum absolute atomic E-state index is 12.3. The number of pyridine rings is 1. The number of nitrogens with zero attached hydrogens (tertiary/aromatic N) is 1. The fourth-order valence-corrected chi connectivity index (χ4v) is 2.28. The number of rotatable bonds is 1. The van der Waals surface area contributed by atoms with Gasteiger partial charge < -0.3 is 14.8 Å². The minimum Gasteiger partial charge on any atom is -0.504 e. The van der Waals surface area contributed by atoms with Gasteiger partial charge in [-0.15, -0.1) is 0 Å². The zero-order valence-corrected chi connectivity index (χ0v) is 11.1. The minimum absolute atomic E-state index is 0.0557. The summed E-state index contributed by atoms with van der Waals surface area (Å²) in [5.74, 6) is -0.734. The lowest BCUT2D eigenvalue weighted by molar-refractivity contribution is 0.405. The smallest absolute Gasteiger partial charge is 0.194 e. The molecular formula is C13H14ClNO3. The largest absolute Gasteiger partial charge is 0.504 e. The van der Waals surface area contributed by atoms with Crippen LogP contribution in [0, 0.1) is 0 Å². The van der Waals surface area contributed by atoms with E-state index >= 15 is 0 Å². The van der Waals surface area contributed by atoms with Crippen LogP contribution < -0.4 is 5.43 Å². The first-order valence-electron chi connectivity index (χ1n) is 5.58. The Hall–Kier alpha value is -1.68. The molecule has 2 aromatic rings. The highest BCUT2D eigenvalue weighted by Crippen LogP contribution is 2.38. The predicted octanol–water partition coefficient (Wildman–Crippen LogP) is 2.73. The molecule has 1 aromatic carbocycles. The van der Waals surface area contributed by atoms with E-state index < -0.39 is 5.75 Å². The maximum Gasteiger partial charge on any atom is 0.194 e. The molecule has 0 atom stereocenters. The van der Waals surface area contributed by atoms with Crippen LogP contribution in [0.1, 0.15) is 25.3 Å². The fraction of sp³-hybridized carbons (Fsp3) is 0.308. The fourth-order valence-electron chi connectivity index (χ4n) is 2.00. The summed E-state index contributed by atoms with van der Waals surface area (Å²) < 4.78 is 1.72. The number of fused-ring (bicyclic) bond motifs is 1. The summed E-state index contributed by atoms with van der Waals surface area (Å²) in [5, 5.41) is 19.3. The van der Waals surface area contributed by atoms with Crippen LogP contribution in [0.2, 0.25) is 5.02 Å². The van der Waals surface area contributed by atoms with Gasteiger partial charge in [0.15, 0.2) is 16.9 Å². The van der Waals surface area contributed by atoms with Gasteiger partial charge in [0.2, 0.25) is 0 Å². The molecule has 0 aliphatic carbocycles. The van der Waals surface area contributed by atoms with E-state index in [1.54, 1.807) is 17.8 Å². The molecular weight excluding hydrogens is 254 g/mol. The lowest BCUT2D eigenvalue weighted by Crippen LogP contribution is -2.15. The molecule has 2 rings (SSSR count). The van der Waals surface area contributed by atoms with Crippen LogP contribution in [0.5, 0.6) is 11.5 Å². The number of hydrogen-bond donors (Lipinski definition) is 2. The lowest BCUT2D eigenvalue weighted by Gasteiger charge is -2.13. The molecule has 5 heteroatoms. The van der Waals surface area contributed by atoms with Gasteiger partial charge in [-0.2, -0.15) is 0 Å². The quantitative estimate of drug-likeness (QED) is 0.781. The zero-order valence-electron chi connectivity index (χ0n) is 10.4. The number of hydrogen-bond acceptors (Lipinski definition) is 3. The topological polar surface area (TPSA) is 62.5 Å². The number of phenolic OH excluding ortho intramolecular Hbond substituents is 2. The lowest BCUT2D eigenvalue weighted by atomic mass is 10.0. The molecule has 18 heavy (non-hydrogen) atoms. The first kappa shape index (κ1) is 12.8. The third-order valence-corrected chi connectivity index (χ3v) is 3.39. The van der Waals surface area contributed by atoms with Gasteiger partial charge in [0.1, 0.15) is 0 Å². The summed E-state index contributed by atoms with van der Waals surface area (Å²) in [6.07, 6.45) is 1.72. The highest BCUT2D eigenvalue weighted by atomic mass is 35.5. The van der Waals surface area contributed by atoms with Crippen LogP contribution in [0.15, 0.2) is 17.1 Å². The maximum atomic E-state index is 12.3. The molecule has 0 radical (unpaired) electrons. The average Bonchev–Trinajstić information content (AvgIpc) is 2.30. The first-order chi connectivity index (χ1) is 8.34. The van der Waals surface area contributed by atoms with E-state index in [-0.39, 0.29) is 27.5 Å². The number of phenols is 2. The van der Waals surface area contributed by atoms with Gasteiger partial charge in [0, 0.05) is 24.9 Å². The standard InChI is InChI=1S/C13H14ClNO3/c1-6(2)7-5-15(3)8-4-9(16)13(18)11(14)10(8)12(7)17/h4-6,16,18H,1-3H3. The first-order valence-corrected chi connectivity index (χ1v) is 5.96. The number of aromatic nitrogens is 1. The van der Waals surface area contributed by atoms with E-state index in [9.17, 15) is 15.0 Å². The van der Waals surface area contributed by atoms with Gasteiger partial charge >= 0.3 is 0 Å². The molecule has 0 saturated heterocycles. The van der Waals surface area contributed by atoms with Crippen LogP contribution in [-0.2, 0) is 7.05 Å². The van der Waals surface area contributed by atoms with Crippen LogP contribution in [0.3, 0.4) is 0 Å². The van der Waals surface area contributed by atoms with Crippen LogP contribution in [0.4, 0.5) is 0 Å². The van der Waals surface area contributed by atoms with Crippen molar-refractivity contribution in [3.05, 3.63) is 33.1 Å². The van der Waals surface area contributed by atoms with E-state index in [0.717, 1.165) is 0 Å². The Morgan fingerprint density at radius 2 is 1.94 bits per heavy atom. The highest BCUT2D eigenvalue weighted by molar-refractivity contribution is 6.37. The van der Waals surface area contributed by atoms with Crippen molar-refractivity contribution in [2.75, 3.05) is 0 Å². The van der Waals surface area contributed by atoms with Gasteiger partial charge in [-0.05, 0) is 5.92 Å². The van der Waals surface area contributed by atoms with Gasteiger partial charge in [-0.25, -0.2) is 0 Å². The highest BCUT2D eigenvalue weighted by Gasteiger charge is 2.17. The molecule has 0 bridgehead atoms. The monoisotopic (exact) mass is 267 g/mol. The molecule has 0 aliphatic rings. The van der Waals surface area contributed by atoms with Crippen LogP contribution in [-0.4, -0.2) is 14.8 Å². The summed E-state index contributed by atoms with van der Waals surface area (Å²) in [5.41, 5.74) is 0.903. The number of aryl methyl sites for hydroxylation is 1. The van der Waals surface area contributed by atoms with Crippen LogP contribution >= 0.6 is 11.6 Å². The van der Waals surface area contributed by atoms with Crippen LogP contribution in [0.25, 0.3) is 10.9 Å². The summed E-state index contributed by atoms with van der Waals surface area (Å²) in [7, 11) is 1.76. The minimum atomic E-state index is -0.456. The molecule has 96 valence electrons. The molecule has 0 unspecified atom stereocenters. The van der Waals surface area contributed by atoms with Crippen molar-refractivity contribution in [2.24, 2.45) is 7.05 Å². The molecule has 2 N–H and O–H groups in total. The van der Waals surface area contributed by atoms with E-state index in [1.807, 2.05) is 13.8 Å². The Labute approximate surface area is 109 Å². The van der Waals surface area contributed by atoms with Crippen molar-refractivity contribution in [3.63, 3.8) is 0 Å². The Morgan fingerprint density at radius 1 is 1.33 bits per heavy atom. The second kappa shape index (κ2) is 4.21. The number of aromatic hydroxyl groups is 2. The van der Waals surface area contributed by atoms with Crippen molar-refractivity contribution >= 4 is 22.5 Å². The zero-order chi connectivity index (χ0) is 13.6. The Bertz CT molecular complexity index is 689. The summed E-state index contributed by atoms with van der Waals surface area (Å²) in [6, 6.07) is 1.34. The van der Waals surface area contributed by atoms with E-state index in [1.165, 1.54) is 6.07 Å². The summed E-state index contributed by atoms with van der Waals surface area (Å²) in [6.45, 7) is 3.83. The molecule has 0 fully saturated rings. The third kappa shape index (κ3) is 1.73. The van der Waals surface area contributed by atoms with E-state index in [0.29, 0.717) is 11.1 Å². The third-order valence-electron chi connectivity index (χ3n) is 3.02. The van der Waals surface area contributed by atoms with Gasteiger partial charge in [-0.1, -0.05) is 25.4 Å². The average molecular weight is 268 g/mol. The molecule has 0 saturated carbocycles. The normalized spacial score (nSPS) is 11.4. The summed E-state index contributed by atoms with van der Waals surface area (Å²) >= 11 is 5.96. The molecule has 4 nitrogen and oxygen atoms in total. The Kier molecular flexibility index (Phi) is 2.99. The van der Waals surface area contributed by atoms with Gasteiger partial charge in [0.25, 0.3) is 0 Å². The molecule has 1 aromatic heterocycles. The molecule has 1 heterocycles. The molecule has 0 amide bonds. The van der Waals surface area contributed by atoms with Crippen molar-refractivity contribution in [2.45, 2.75) is 19.8 Å².